The Morgan fingerprint density at radius 2 is 1.88 bits per heavy atom. The lowest BCUT2D eigenvalue weighted by Gasteiger charge is -2.22. The fraction of sp³-hybridized carbons (Fsp3) is 0.235. The summed E-state index contributed by atoms with van der Waals surface area (Å²) in [6.45, 7) is 0.233. The number of carbonyl (C=O) groups is 1. The van der Waals surface area contributed by atoms with Crippen LogP contribution in [0.1, 0.15) is 12.8 Å². The number of hydrogen-bond acceptors (Lipinski definition) is 3. The quantitative estimate of drug-likeness (QED) is 0.691. The van der Waals surface area contributed by atoms with E-state index < -0.39 is 10.0 Å². The Labute approximate surface area is 161 Å². The summed E-state index contributed by atoms with van der Waals surface area (Å²) < 4.78 is 26.0. The Balaban J connectivity index is 1.93. The van der Waals surface area contributed by atoms with Crippen LogP contribution in [0.25, 0.3) is 0 Å². The Kier molecular flexibility index (Phi) is 6.87. The molecule has 2 aromatic carbocycles. The van der Waals surface area contributed by atoms with E-state index in [1.807, 2.05) is 6.07 Å². The third kappa shape index (κ3) is 6.02. The summed E-state index contributed by atoms with van der Waals surface area (Å²) in [6.07, 6.45) is 1.76. The van der Waals surface area contributed by atoms with Crippen LogP contribution in [0, 0.1) is 0 Å². The van der Waals surface area contributed by atoms with Gasteiger partial charge in [0.2, 0.25) is 15.9 Å². The van der Waals surface area contributed by atoms with E-state index in [-0.39, 0.29) is 18.9 Å². The smallest absolute Gasteiger partial charge is 0.232 e. The van der Waals surface area contributed by atoms with Gasteiger partial charge in [0, 0.05) is 23.1 Å². The molecular weight excluding hydrogens is 428 g/mol. The second-order valence-corrected chi connectivity index (χ2v) is 8.62. The van der Waals surface area contributed by atoms with Crippen LogP contribution in [-0.4, -0.2) is 27.1 Å². The van der Waals surface area contributed by atoms with Gasteiger partial charge >= 0.3 is 0 Å². The van der Waals surface area contributed by atoms with E-state index in [4.69, 9.17) is 11.6 Å². The number of carbonyl (C=O) groups excluding carboxylic acids is 1. The molecule has 8 heteroatoms. The van der Waals surface area contributed by atoms with Crippen molar-refractivity contribution in [3.8, 4) is 0 Å². The molecule has 0 aromatic heterocycles. The summed E-state index contributed by atoms with van der Waals surface area (Å²) >= 11 is 9.28. The van der Waals surface area contributed by atoms with E-state index >= 15 is 0 Å². The molecule has 1 N–H and O–H groups in total. The fourth-order valence-corrected chi connectivity index (χ4v) is 3.65. The first-order chi connectivity index (χ1) is 11.8. The summed E-state index contributed by atoms with van der Waals surface area (Å²) in [6, 6.07) is 14.0. The van der Waals surface area contributed by atoms with Gasteiger partial charge in [-0.15, -0.1) is 0 Å². The summed E-state index contributed by atoms with van der Waals surface area (Å²) in [5.41, 5.74) is 1.19. The molecule has 0 aliphatic rings. The summed E-state index contributed by atoms with van der Waals surface area (Å²) in [7, 11) is -3.41. The van der Waals surface area contributed by atoms with Gasteiger partial charge in [-0.3, -0.25) is 9.10 Å². The molecule has 25 heavy (non-hydrogen) atoms. The number of nitrogens with one attached hydrogen (secondary N) is 1. The van der Waals surface area contributed by atoms with Crippen LogP contribution in [0.2, 0.25) is 5.02 Å². The van der Waals surface area contributed by atoms with Crippen molar-refractivity contribution < 1.29 is 13.2 Å². The maximum absolute atomic E-state index is 12.0. The van der Waals surface area contributed by atoms with E-state index in [0.717, 1.165) is 10.7 Å². The molecule has 0 aliphatic carbocycles. The lowest BCUT2D eigenvalue weighted by Crippen LogP contribution is -2.31. The van der Waals surface area contributed by atoms with Crippen molar-refractivity contribution in [2.75, 3.05) is 22.4 Å². The molecule has 0 aliphatic heterocycles. The zero-order valence-corrected chi connectivity index (χ0v) is 16.7. The normalized spacial score (nSPS) is 11.2. The number of nitrogens with zero attached hydrogens (tertiary/aromatic N) is 1. The van der Waals surface area contributed by atoms with Crippen molar-refractivity contribution in [1.29, 1.82) is 0 Å². The van der Waals surface area contributed by atoms with Crippen molar-refractivity contribution >= 4 is 54.8 Å². The molecule has 0 spiro atoms. The molecule has 0 bridgehead atoms. The van der Waals surface area contributed by atoms with Crippen molar-refractivity contribution in [2.45, 2.75) is 12.8 Å². The third-order valence-electron chi connectivity index (χ3n) is 3.41. The number of halogens is 2. The molecule has 0 atom stereocenters. The van der Waals surface area contributed by atoms with Gasteiger partial charge in [0.15, 0.2) is 0 Å². The third-order valence-corrected chi connectivity index (χ3v) is 5.84. The van der Waals surface area contributed by atoms with E-state index in [2.05, 4.69) is 21.2 Å². The molecule has 134 valence electrons. The molecule has 2 rings (SSSR count). The maximum atomic E-state index is 12.0. The standard InChI is InChI=1S/C17H18BrClN2O3S/c1-25(23,24)21(14-6-3-2-4-7-14)11-5-8-17(22)20-13-9-10-15(18)16(19)12-13/h2-4,6-7,9-10,12H,5,8,11H2,1H3,(H,20,22). The van der Waals surface area contributed by atoms with Crippen molar-refractivity contribution in [1.82, 2.24) is 0 Å². The average Bonchev–Trinajstić information content (AvgIpc) is 2.55. The highest BCUT2D eigenvalue weighted by Gasteiger charge is 2.17. The largest absolute Gasteiger partial charge is 0.326 e. The van der Waals surface area contributed by atoms with Crippen molar-refractivity contribution in [2.24, 2.45) is 0 Å². The zero-order chi connectivity index (χ0) is 18.4. The molecule has 1 amide bonds. The number of para-hydroxylation sites is 1. The highest BCUT2D eigenvalue weighted by molar-refractivity contribution is 9.10. The summed E-state index contributed by atoms with van der Waals surface area (Å²) in [4.78, 5) is 12.0. The zero-order valence-electron chi connectivity index (χ0n) is 13.6. The van der Waals surface area contributed by atoms with E-state index in [1.54, 1.807) is 42.5 Å². The number of rotatable bonds is 7. The van der Waals surface area contributed by atoms with Crippen molar-refractivity contribution in [3.05, 3.63) is 58.0 Å². The minimum atomic E-state index is -3.41. The lowest BCUT2D eigenvalue weighted by atomic mass is 10.2. The summed E-state index contributed by atoms with van der Waals surface area (Å²) in [5.74, 6) is -0.195. The Bertz CT molecular complexity index is 844. The van der Waals surface area contributed by atoms with Crippen LogP contribution < -0.4 is 9.62 Å². The minimum absolute atomic E-state index is 0.195. The first-order valence-corrected chi connectivity index (χ1v) is 10.6. The predicted molar refractivity (Wildman–Crippen MR) is 106 cm³/mol. The van der Waals surface area contributed by atoms with E-state index in [1.165, 1.54) is 4.31 Å². The number of benzene rings is 2. The lowest BCUT2D eigenvalue weighted by molar-refractivity contribution is -0.116. The van der Waals surface area contributed by atoms with E-state index in [0.29, 0.717) is 22.8 Å². The SMILES string of the molecule is CS(=O)(=O)N(CCCC(=O)Nc1ccc(Br)c(Cl)c1)c1ccccc1. The molecule has 0 heterocycles. The number of sulfonamides is 1. The van der Waals surface area contributed by atoms with Gasteiger partial charge in [-0.25, -0.2) is 8.42 Å². The number of hydrogen-bond donors (Lipinski definition) is 1. The van der Waals surface area contributed by atoms with Crippen LogP contribution in [-0.2, 0) is 14.8 Å². The topological polar surface area (TPSA) is 66.5 Å². The monoisotopic (exact) mass is 444 g/mol. The van der Waals surface area contributed by atoms with Crippen LogP contribution in [0.3, 0.4) is 0 Å². The van der Waals surface area contributed by atoms with Gasteiger partial charge in [0.05, 0.1) is 17.0 Å². The van der Waals surface area contributed by atoms with Gasteiger partial charge in [-0.2, -0.15) is 0 Å². The van der Waals surface area contributed by atoms with Gasteiger partial charge in [0.1, 0.15) is 0 Å². The van der Waals surface area contributed by atoms with Crippen LogP contribution in [0.4, 0.5) is 11.4 Å². The molecule has 0 unspecified atom stereocenters. The average molecular weight is 446 g/mol. The molecule has 0 radical (unpaired) electrons. The van der Waals surface area contributed by atoms with Gasteiger partial charge in [0.25, 0.3) is 0 Å². The highest BCUT2D eigenvalue weighted by atomic mass is 79.9. The highest BCUT2D eigenvalue weighted by Crippen LogP contribution is 2.25. The van der Waals surface area contributed by atoms with Gasteiger partial charge in [-0.1, -0.05) is 29.8 Å². The first kappa shape index (κ1) is 19.8. The van der Waals surface area contributed by atoms with Gasteiger partial charge < -0.3 is 5.32 Å². The molecular formula is C17H18BrClN2O3S. The molecule has 5 nitrogen and oxygen atoms in total. The molecule has 2 aromatic rings. The second-order valence-electron chi connectivity index (χ2n) is 5.45. The number of anilines is 2. The Morgan fingerprint density at radius 1 is 1.20 bits per heavy atom. The van der Waals surface area contributed by atoms with Gasteiger partial charge in [-0.05, 0) is 52.7 Å². The van der Waals surface area contributed by atoms with Crippen LogP contribution in [0.5, 0.6) is 0 Å². The molecule has 0 saturated heterocycles. The Hall–Kier alpha value is -1.57. The minimum Gasteiger partial charge on any atom is -0.326 e. The Morgan fingerprint density at radius 3 is 2.48 bits per heavy atom. The fourth-order valence-electron chi connectivity index (χ4n) is 2.26. The molecule has 0 saturated carbocycles. The first-order valence-electron chi connectivity index (χ1n) is 7.55. The van der Waals surface area contributed by atoms with Crippen molar-refractivity contribution in [3.63, 3.8) is 0 Å². The second kappa shape index (κ2) is 8.69. The van der Waals surface area contributed by atoms with Crippen LogP contribution in [0.15, 0.2) is 53.0 Å². The summed E-state index contributed by atoms with van der Waals surface area (Å²) in [5, 5.41) is 3.25. The predicted octanol–water partition coefficient (Wildman–Crippen LogP) is 4.29. The molecule has 0 fully saturated rings. The number of amides is 1. The maximum Gasteiger partial charge on any atom is 0.232 e. The van der Waals surface area contributed by atoms with Crippen LogP contribution >= 0.6 is 27.5 Å². The van der Waals surface area contributed by atoms with E-state index in [9.17, 15) is 13.2 Å².